The lowest BCUT2D eigenvalue weighted by Gasteiger charge is -2.29. The molecule has 124 valence electrons. The van der Waals surface area contributed by atoms with E-state index in [0.717, 1.165) is 36.3 Å². The molecule has 1 aliphatic rings. The molecule has 0 fully saturated rings. The summed E-state index contributed by atoms with van der Waals surface area (Å²) < 4.78 is 5.15. The summed E-state index contributed by atoms with van der Waals surface area (Å²) in [6, 6.07) is 12.7. The standard InChI is InChI=1S/C19H20N2O3/c1-13(22)21-10-4-6-14-11-16(8-9-18(14)21)20-19(23)15-5-3-7-17(12-15)24-2/h3,5,7-9,11-12H,4,6,10H2,1-2H3,(H,20,23). The van der Waals surface area contributed by atoms with Crippen molar-refractivity contribution in [2.24, 2.45) is 0 Å². The largest absolute Gasteiger partial charge is 0.497 e. The molecule has 0 atom stereocenters. The highest BCUT2D eigenvalue weighted by Gasteiger charge is 2.20. The van der Waals surface area contributed by atoms with Crippen LogP contribution in [-0.2, 0) is 11.2 Å². The Hall–Kier alpha value is -2.82. The SMILES string of the molecule is COc1cccc(C(=O)Nc2ccc3c(c2)CCCN3C(C)=O)c1. The number of methoxy groups -OCH3 is 1. The Morgan fingerprint density at radius 3 is 2.75 bits per heavy atom. The quantitative estimate of drug-likeness (QED) is 0.943. The number of nitrogens with zero attached hydrogens (tertiary/aromatic N) is 1. The Balaban J connectivity index is 1.81. The lowest BCUT2D eigenvalue weighted by Crippen LogP contribution is -2.33. The fourth-order valence-corrected chi connectivity index (χ4v) is 2.97. The van der Waals surface area contributed by atoms with Crippen molar-refractivity contribution >= 4 is 23.2 Å². The Morgan fingerprint density at radius 2 is 2.00 bits per heavy atom. The molecule has 1 aliphatic heterocycles. The number of anilines is 2. The predicted octanol–water partition coefficient (Wildman–Crippen LogP) is 3.25. The second-order valence-electron chi connectivity index (χ2n) is 5.80. The second-order valence-corrected chi connectivity index (χ2v) is 5.80. The topological polar surface area (TPSA) is 58.6 Å². The number of carbonyl (C=O) groups is 2. The van der Waals surface area contributed by atoms with Gasteiger partial charge >= 0.3 is 0 Å². The molecule has 0 unspecified atom stereocenters. The van der Waals surface area contributed by atoms with E-state index in [1.54, 1.807) is 43.2 Å². The highest BCUT2D eigenvalue weighted by atomic mass is 16.5. The monoisotopic (exact) mass is 324 g/mol. The van der Waals surface area contributed by atoms with Crippen molar-refractivity contribution in [3.63, 3.8) is 0 Å². The average Bonchev–Trinajstić information content (AvgIpc) is 2.60. The van der Waals surface area contributed by atoms with E-state index in [0.29, 0.717) is 11.3 Å². The number of ether oxygens (including phenoxy) is 1. The summed E-state index contributed by atoms with van der Waals surface area (Å²) in [4.78, 5) is 25.9. The molecule has 3 rings (SSSR count). The average molecular weight is 324 g/mol. The Labute approximate surface area is 141 Å². The van der Waals surface area contributed by atoms with E-state index in [-0.39, 0.29) is 11.8 Å². The fourth-order valence-electron chi connectivity index (χ4n) is 2.97. The first-order chi connectivity index (χ1) is 11.6. The van der Waals surface area contributed by atoms with Crippen molar-refractivity contribution in [2.75, 3.05) is 23.9 Å². The number of nitrogens with one attached hydrogen (secondary N) is 1. The Kier molecular flexibility index (Phi) is 4.51. The number of rotatable bonds is 3. The molecule has 1 N–H and O–H groups in total. The third-order valence-corrected chi connectivity index (χ3v) is 4.17. The Bertz CT molecular complexity index is 786. The molecular formula is C19H20N2O3. The number of hydrogen-bond acceptors (Lipinski definition) is 3. The fraction of sp³-hybridized carbons (Fsp3) is 0.263. The van der Waals surface area contributed by atoms with E-state index >= 15 is 0 Å². The molecule has 24 heavy (non-hydrogen) atoms. The smallest absolute Gasteiger partial charge is 0.255 e. The second kappa shape index (κ2) is 6.74. The summed E-state index contributed by atoms with van der Waals surface area (Å²) in [6.07, 6.45) is 1.84. The molecule has 2 aromatic carbocycles. The van der Waals surface area contributed by atoms with Crippen molar-refractivity contribution in [1.82, 2.24) is 0 Å². The third-order valence-electron chi connectivity index (χ3n) is 4.17. The van der Waals surface area contributed by atoms with Gasteiger partial charge in [0.2, 0.25) is 5.91 Å². The van der Waals surface area contributed by atoms with E-state index in [2.05, 4.69) is 5.32 Å². The van der Waals surface area contributed by atoms with Crippen molar-refractivity contribution in [3.05, 3.63) is 53.6 Å². The van der Waals surface area contributed by atoms with Crippen LogP contribution >= 0.6 is 0 Å². The van der Waals surface area contributed by atoms with Gasteiger partial charge in [-0.05, 0) is 54.8 Å². The summed E-state index contributed by atoms with van der Waals surface area (Å²) in [5, 5.41) is 2.91. The molecule has 0 aromatic heterocycles. The predicted molar refractivity (Wildman–Crippen MR) is 93.7 cm³/mol. The zero-order valence-electron chi connectivity index (χ0n) is 13.8. The molecule has 2 amide bonds. The van der Waals surface area contributed by atoms with Gasteiger partial charge in [-0.3, -0.25) is 9.59 Å². The highest BCUT2D eigenvalue weighted by Crippen LogP contribution is 2.30. The molecule has 1 heterocycles. The summed E-state index contributed by atoms with van der Waals surface area (Å²) in [7, 11) is 1.57. The highest BCUT2D eigenvalue weighted by molar-refractivity contribution is 6.04. The van der Waals surface area contributed by atoms with Crippen LogP contribution in [0.3, 0.4) is 0 Å². The molecule has 0 radical (unpaired) electrons. The van der Waals surface area contributed by atoms with Gasteiger partial charge in [-0.25, -0.2) is 0 Å². The maximum Gasteiger partial charge on any atom is 0.255 e. The molecule has 2 aromatic rings. The molecular weight excluding hydrogens is 304 g/mol. The third kappa shape index (κ3) is 3.25. The van der Waals surface area contributed by atoms with Gasteiger partial charge in [-0.1, -0.05) is 6.07 Å². The number of aryl methyl sites for hydroxylation is 1. The van der Waals surface area contributed by atoms with Gasteiger partial charge in [0, 0.05) is 30.4 Å². The van der Waals surface area contributed by atoms with Gasteiger partial charge in [-0.2, -0.15) is 0 Å². The normalized spacial score (nSPS) is 13.2. The molecule has 0 saturated heterocycles. The van der Waals surface area contributed by atoms with Gasteiger partial charge in [0.1, 0.15) is 5.75 Å². The van der Waals surface area contributed by atoms with Crippen molar-refractivity contribution in [1.29, 1.82) is 0 Å². The van der Waals surface area contributed by atoms with Gasteiger partial charge in [0.15, 0.2) is 0 Å². The van der Waals surface area contributed by atoms with Crippen LogP contribution in [-0.4, -0.2) is 25.5 Å². The molecule has 0 saturated carbocycles. The first-order valence-corrected chi connectivity index (χ1v) is 7.95. The number of benzene rings is 2. The van der Waals surface area contributed by atoms with E-state index in [1.165, 1.54) is 0 Å². The van der Waals surface area contributed by atoms with Crippen LogP contribution in [0.2, 0.25) is 0 Å². The molecule has 0 aliphatic carbocycles. The maximum absolute atomic E-state index is 12.4. The van der Waals surface area contributed by atoms with E-state index in [9.17, 15) is 9.59 Å². The van der Waals surface area contributed by atoms with Gasteiger partial charge in [0.25, 0.3) is 5.91 Å². The van der Waals surface area contributed by atoms with Gasteiger partial charge in [0.05, 0.1) is 7.11 Å². The van der Waals surface area contributed by atoms with E-state index < -0.39 is 0 Å². The molecule has 5 heteroatoms. The summed E-state index contributed by atoms with van der Waals surface area (Å²) >= 11 is 0. The van der Waals surface area contributed by atoms with Crippen LogP contribution in [0, 0.1) is 0 Å². The summed E-state index contributed by atoms with van der Waals surface area (Å²) in [5.41, 5.74) is 3.29. The summed E-state index contributed by atoms with van der Waals surface area (Å²) in [6.45, 7) is 2.32. The molecule has 0 bridgehead atoms. The minimum Gasteiger partial charge on any atom is -0.497 e. The maximum atomic E-state index is 12.4. The first kappa shape index (κ1) is 16.1. The number of carbonyl (C=O) groups excluding carboxylic acids is 2. The van der Waals surface area contributed by atoms with Crippen LogP contribution in [0.1, 0.15) is 29.3 Å². The van der Waals surface area contributed by atoms with Crippen LogP contribution in [0.15, 0.2) is 42.5 Å². The number of hydrogen-bond donors (Lipinski definition) is 1. The summed E-state index contributed by atoms with van der Waals surface area (Å²) in [5.74, 6) is 0.502. The van der Waals surface area contributed by atoms with Crippen LogP contribution < -0.4 is 15.0 Å². The molecule has 5 nitrogen and oxygen atoms in total. The van der Waals surface area contributed by atoms with Crippen LogP contribution in [0.4, 0.5) is 11.4 Å². The van der Waals surface area contributed by atoms with E-state index in [4.69, 9.17) is 4.74 Å². The number of fused-ring (bicyclic) bond motifs is 1. The minimum absolute atomic E-state index is 0.0455. The molecule has 0 spiro atoms. The lowest BCUT2D eigenvalue weighted by atomic mass is 10.0. The Morgan fingerprint density at radius 1 is 1.17 bits per heavy atom. The van der Waals surface area contributed by atoms with Gasteiger partial charge < -0.3 is 15.0 Å². The zero-order valence-corrected chi connectivity index (χ0v) is 13.8. The van der Waals surface area contributed by atoms with Gasteiger partial charge in [-0.15, -0.1) is 0 Å². The number of amides is 2. The van der Waals surface area contributed by atoms with Crippen LogP contribution in [0.25, 0.3) is 0 Å². The van der Waals surface area contributed by atoms with Crippen molar-refractivity contribution in [3.8, 4) is 5.75 Å². The minimum atomic E-state index is -0.187. The van der Waals surface area contributed by atoms with Crippen LogP contribution in [0.5, 0.6) is 5.75 Å². The van der Waals surface area contributed by atoms with Crippen molar-refractivity contribution < 1.29 is 14.3 Å². The first-order valence-electron chi connectivity index (χ1n) is 7.95. The van der Waals surface area contributed by atoms with Crippen molar-refractivity contribution in [2.45, 2.75) is 19.8 Å². The lowest BCUT2D eigenvalue weighted by molar-refractivity contribution is -0.116. The zero-order chi connectivity index (χ0) is 17.1. The van der Waals surface area contributed by atoms with E-state index in [1.807, 2.05) is 18.2 Å².